The van der Waals surface area contributed by atoms with Crippen molar-refractivity contribution in [3.63, 3.8) is 0 Å². The number of nitrogens with zero attached hydrogens (tertiary/aromatic N) is 2. The SMILES string of the molecule is Cc1ccoc1C(=O)Nc1ccnc(CNc2cccnc2N)c1. The Labute approximate surface area is 138 Å². The van der Waals surface area contributed by atoms with E-state index in [2.05, 4.69) is 20.6 Å². The van der Waals surface area contributed by atoms with Crippen LogP contribution >= 0.6 is 0 Å². The second kappa shape index (κ2) is 6.82. The average Bonchev–Trinajstić information content (AvgIpc) is 3.01. The standard InChI is InChI=1S/C17H17N5O2/c1-11-5-8-24-15(11)17(23)22-12-4-7-19-13(9-12)10-21-14-3-2-6-20-16(14)18/h2-9,21H,10H2,1H3,(H2,18,20)(H,19,22,23). The molecule has 122 valence electrons. The lowest BCUT2D eigenvalue weighted by Crippen LogP contribution is -2.13. The Kier molecular flexibility index (Phi) is 4.42. The molecule has 0 aromatic carbocycles. The molecule has 0 bridgehead atoms. The number of nitrogens with one attached hydrogen (secondary N) is 2. The number of pyridine rings is 2. The van der Waals surface area contributed by atoms with Crippen molar-refractivity contribution < 1.29 is 9.21 Å². The summed E-state index contributed by atoms with van der Waals surface area (Å²) < 4.78 is 5.19. The van der Waals surface area contributed by atoms with Crippen molar-refractivity contribution in [2.75, 3.05) is 16.4 Å². The number of nitrogen functional groups attached to an aromatic ring is 1. The van der Waals surface area contributed by atoms with Crippen molar-refractivity contribution in [2.24, 2.45) is 0 Å². The highest BCUT2D eigenvalue weighted by Gasteiger charge is 2.13. The first-order valence-electron chi connectivity index (χ1n) is 7.38. The Hall–Kier alpha value is -3.35. The maximum atomic E-state index is 12.2. The Bertz CT molecular complexity index is 859. The maximum Gasteiger partial charge on any atom is 0.291 e. The number of carbonyl (C=O) groups is 1. The number of hydrogen-bond donors (Lipinski definition) is 3. The van der Waals surface area contributed by atoms with Gasteiger partial charge in [0, 0.05) is 23.6 Å². The van der Waals surface area contributed by atoms with Gasteiger partial charge in [-0.2, -0.15) is 0 Å². The van der Waals surface area contributed by atoms with Crippen LogP contribution in [0.5, 0.6) is 0 Å². The number of nitrogens with two attached hydrogens (primary N) is 1. The lowest BCUT2D eigenvalue weighted by atomic mass is 10.2. The molecule has 4 N–H and O–H groups in total. The van der Waals surface area contributed by atoms with Gasteiger partial charge in [0.1, 0.15) is 5.82 Å². The first-order chi connectivity index (χ1) is 11.6. The summed E-state index contributed by atoms with van der Waals surface area (Å²) in [5, 5.41) is 5.96. The predicted molar refractivity (Wildman–Crippen MR) is 91.6 cm³/mol. The first-order valence-corrected chi connectivity index (χ1v) is 7.38. The lowest BCUT2D eigenvalue weighted by Gasteiger charge is -2.09. The van der Waals surface area contributed by atoms with Crippen LogP contribution in [0.15, 0.2) is 53.4 Å². The molecule has 0 aliphatic heterocycles. The summed E-state index contributed by atoms with van der Waals surface area (Å²) in [4.78, 5) is 20.5. The maximum absolute atomic E-state index is 12.2. The van der Waals surface area contributed by atoms with Gasteiger partial charge in [-0.3, -0.25) is 9.78 Å². The zero-order chi connectivity index (χ0) is 16.9. The monoisotopic (exact) mass is 323 g/mol. The van der Waals surface area contributed by atoms with Gasteiger partial charge in [-0.1, -0.05) is 0 Å². The van der Waals surface area contributed by atoms with Gasteiger partial charge in [0.15, 0.2) is 5.76 Å². The van der Waals surface area contributed by atoms with Crippen LogP contribution in [-0.2, 0) is 6.54 Å². The van der Waals surface area contributed by atoms with Gasteiger partial charge < -0.3 is 20.8 Å². The molecule has 0 unspecified atom stereocenters. The van der Waals surface area contributed by atoms with Crippen LogP contribution in [0.4, 0.5) is 17.2 Å². The van der Waals surface area contributed by atoms with E-state index in [-0.39, 0.29) is 5.91 Å². The van der Waals surface area contributed by atoms with E-state index in [1.165, 1.54) is 6.26 Å². The Morgan fingerprint density at radius 2 is 2.12 bits per heavy atom. The summed E-state index contributed by atoms with van der Waals surface area (Å²) in [6.07, 6.45) is 4.75. The molecule has 3 rings (SSSR count). The Morgan fingerprint density at radius 1 is 1.25 bits per heavy atom. The molecule has 3 heterocycles. The van der Waals surface area contributed by atoms with Gasteiger partial charge in [-0.25, -0.2) is 4.98 Å². The number of aromatic nitrogens is 2. The molecule has 0 spiro atoms. The van der Waals surface area contributed by atoms with Gasteiger partial charge in [0.25, 0.3) is 5.91 Å². The summed E-state index contributed by atoms with van der Waals surface area (Å²) in [6, 6.07) is 8.89. The number of amides is 1. The van der Waals surface area contributed by atoms with Crippen LogP contribution in [0.25, 0.3) is 0 Å². The van der Waals surface area contributed by atoms with Crippen molar-refractivity contribution in [1.29, 1.82) is 0 Å². The van der Waals surface area contributed by atoms with E-state index in [4.69, 9.17) is 10.2 Å². The van der Waals surface area contributed by atoms with Gasteiger partial charge in [0.2, 0.25) is 0 Å². The van der Waals surface area contributed by atoms with E-state index in [0.29, 0.717) is 23.8 Å². The van der Waals surface area contributed by atoms with Crippen LogP contribution in [0.3, 0.4) is 0 Å². The van der Waals surface area contributed by atoms with E-state index in [1.807, 2.05) is 13.0 Å². The second-order valence-electron chi connectivity index (χ2n) is 5.21. The number of hydrogen-bond acceptors (Lipinski definition) is 6. The largest absolute Gasteiger partial charge is 0.459 e. The molecule has 7 nitrogen and oxygen atoms in total. The Morgan fingerprint density at radius 3 is 2.88 bits per heavy atom. The summed E-state index contributed by atoms with van der Waals surface area (Å²) >= 11 is 0. The average molecular weight is 323 g/mol. The molecule has 1 amide bonds. The summed E-state index contributed by atoms with van der Waals surface area (Å²) in [6.45, 7) is 2.28. The van der Waals surface area contributed by atoms with Crippen LogP contribution in [0.1, 0.15) is 21.8 Å². The predicted octanol–water partition coefficient (Wildman–Crippen LogP) is 2.82. The zero-order valence-corrected chi connectivity index (χ0v) is 13.1. The van der Waals surface area contributed by atoms with E-state index in [0.717, 1.165) is 16.9 Å². The van der Waals surface area contributed by atoms with E-state index >= 15 is 0 Å². The van der Waals surface area contributed by atoms with Crippen molar-refractivity contribution in [2.45, 2.75) is 13.5 Å². The van der Waals surface area contributed by atoms with Crippen LogP contribution in [-0.4, -0.2) is 15.9 Å². The minimum absolute atomic E-state index is 0.292. The van der Waals surface area contributed by atoms with Gasteiger partial charge in [-0.05, 0) is 37.3 Å². The minimum Gasteiger partial charge on any atom is -0.459 e. The fourth-order valence-electron chi connectivity index (χ4n) is 2.20. The highest BCUT2D eigenvalue weighted by Crippen LogP contribution is 2.17. The third kappa shape index (κ3) is 3.52. The molecule has 0 fully saturated rings. The highest BCUT2D eigenvalue weighted by atomic mass is 16.3. The summed E-state index contributed by atoms with van der Waals surface area (Å²) in [5.41, 5.74) is 8.71. The number of rotatable bonds is 5. The molecular formula is C17H17N5O2. The third-order valence-corrected chi connectivity index (χ3v) is 3.44. The van der Waals surface area contributed by atoms with Crippen molar-refractivity contribution in [3.8, 4) is 0 Å². The molecular weight excluding hydrogens is 306 g/mol. The fraction of sp³-hybridized carbons (Fsp3) is 0.118. The normalized spacial score (nSPS) is 10.4. The molecule has 7 heteroatoms. The van der Waals surface area contributed by atoms with Crippen LogP contribution in [0, 0.1) is 6.92 Å². The molecule has 3 aromatic heterocycles. The topological polar surface area (TPSA) is 106 Å². The van der Waals surface area contributed by atoms with Crippen molar-refractivity contribution in [3.05, 3.63) is 66.0 Å². The summed E-state index contributed by atoms with van der Waals surface area (Å²) in [5.74, 6) is 0.434. The third-order valence-electron chi connectivity index (χ3n) is 3.44. The molecule has 24 heavy (non-hydrogen) atoms. The number of aryl methyl sites for hydroxylation is 1. The smallest absolute Gasteiger partial charge is 0.291 e. The van der Waals surface area contributed by atoms with E-state index in [1.54, 1.807) is 36.7 Å². The molecule has 0 aliphatic rings. The van der Waals surface area contributed by atoms with E-state index in [9.17, 15) is 4.79 Å². The van der Waals surface area contributed by atoms with Gasteiger partial charge in [-0.15, -0.1) is 0 Å². The lowest BCUT2D eigenvalue weighted by molar-refractivity contribution is 0.0996. The van der Waals surface area contributed by atoms with Gasteiger partial charge in [0.05, 0.1) is 24.2 Å². The van der Waals surface area contributed by atoms with Crippen molar-refractivity contribution >= 4 is 23.1 Å². The van der Waals surface area contributed by atoms with Crippen LogP contribution < -0.4 is 16.4 Å². The number of carbonyl (C=O) groups excluding carboxylic acids is 1. The number of anilines is 3. The molecule has 3 aromatic rings. The zero-order valence-electron chi connectivity index (χ0n) is 13.1. The summed E-state index contributed by atoms with van der Waals surface area (Å²) in [7, 11) is 0. The number of furan rings is 1. The first kappa shape index (κ1) is 15.5. The highest BCUT2D eigenvalue weighted by molar-refractivity contribution is 6.03. The molecule has 0 saturated heterocycles. The molecule has 0 radical (unpaired) electrons. The Balaban J connectivity index is 1.67. The van der Waals surface area contributed by atoms with Crippen LogP contribution in [0.2, 0.25) is 0 Å². The quantitative estimate of drug-likeness (QED) is 0.666. The molecule has 0 saturated carbocycles. The second-order valence-corrected chi connectivity index (χ2v) is 5.21. The van der Waals surface area contributed by atoms with Gasteiger partial charge >= 0.3 is 0 Å². The fourth-order valence-corrected chi connectivity index (χ4v) is 2.20. The molecule has 0 atom stereocenters. The van der Waals surface area contributed by atoms with Crippen molar-refractivity contribution in [1.82, 2.24) is 9.97 Å². The molecule has 0 aliphatic carbocycles. The van der Waals surface area contributed by atoms with E-state index < -0.39 is 0 Å². The minimum atomic E-state index is -0.292.